The summed E-state index contributed by atoms with van der Waals surface area (Å²) in [4.78, 5) is 46.6. The second-order valence-corrected chi connectivity index (χ2v) is 5.97. The first-order valence-corrected chi connectivity index (χ1v) is 8.40. The maximum atomic E-state index is 12.2. The molecule has 1 aromatic rings. The van der Waals surface area contributed by atoms with Crippen LogP contribution in [0, 0.1) is 0 Å². The summed E-state index contributed by atoms with van der Waals surface area (Å²) in [7, 11) is 0. The molecule has 10 heteroatoms. The van der Waals surface area contributed by atoms with Crippen LogP contribution in [0.5, 0.6) is 0 Å². The van der Waals surface area contributed by atoms with Crippen LogP contribution in [-0.4, -0.2) is 52.7 Å². The van der Waals surface area contributed by atoms with Crippen molar-refractivity contribution in [1.82, 2.24) is 10.6 Å². The first-order chi connectivity index (χ1) is 12.2. The van der Waals surface area contributed by atoms with Crippen LogP contribution in [-0.2, 0) is 25.6 Å². The fraction of sp³-hybridized carbons (Fsp3) is 0.375. The highest BCUT2D eigenvalue weighted by atomic mass is 32.1. The van der Waals surface area contributed by atoms with Gasteiger partial charge in [0.25, 0.3) is 0 Å². The number of rotatable bonds is 10. The summed E-state index contributed by atoms with van der Waals surface area (Å²) in [5.41, 5.74) is 11.8. The monoisotopic (exact) mass is 382 g/mol. The molecular formula is C16H22N4O5S. The molecule has 9 nitrogen and oxygen atoms in total. The van der Waals surface area contributed by atoms with Gasteiger partial charge in [0.05, 0.1) is 12.5 Å². The number of carboxylic acids is 1. The van der Waals surface area contributed by atoms with Crippen LogP contribution in [0.1, 0.15) is 12.0 Å². The fourth-order valence-corrected chi connectivity index (χ4v) is 2.36. The van der Waals surface area contributed by atoms with E-state index in [1.165, 1.54) is 0 Å². The van der Waals surface area contributed by atoms with E-state index >= 15 is 0 Å². The average molecular weight is 382 g/mol. The van der Waals surface area contributed by atoms with E-state index in [0.29, 0.717) is 0 Å². The highest BCUT2D eigenvalue weighted by Gasteiger charge is 2.28. The van der Waals surface area contributed by atoms with Crippen molar-refractivity contribution >= 4 is 36.3 Å². The Bertz CT molecular complexity index is 655. The third kappa shape index (κ3) is 7.11. The molecular weight excluding hydrogens is 360 g/mol. The zero-order chi connectivity index (χ0) is 19.7. The lowest BCUT2D eigenvalue weighted by molar-refractivity contribution is -0.141. The molecule has 1 rings (SSSR count). The van der Waals surface area contributed by atoms with Gasteiger partial charge in [0.1, 0.15) is 12.1 Å². The van der Waals surface area contributed by atoms with Gasteiger partial charge in [-0.25, -0.2) is 4.79 Å². The first kappa shape index (κ1) is 21.5. The number of amides is 3. The Morgan fingerprint density at radius 3 is 2.12 bits per heavy atom. The number of hydrogen-bond donors (Lipinski definition) is 6. The zero-order valence-corrected chi connectivity index (χ0v) is 14.8. The van der Waals surface area contributed by atoms with Crippen molar-refractivity contribution in [3.8, 4) is 0 Å². The predicted molar refractivity (Wildman–Crippen MR) is 97.3 cm³/mol. The minimum absolute atomic E-state index is 0.161. The maximum absolute atomic E-state index is 12.2. The van der Waals surface area contributed by atoms with E-state index in [9.17, 15) is 19.2 Å². The van der Waals surface area contributed by atoms with Crippen LogP contribution in [0.3, 0.4) is 0 Å². The van der Waals surface area contributed by atoms with Crippen molar-refractivity contribution in [3.63, 3.8) is 0 Å². The zero-order valence-electron chi connectivity index (χ0n) is 13.9. The first-order valence-electron chi connectivity index (χ1n) is 7.76. The van der Waals surface area contributed by atoms with Crippen molar-refractivity contribution < 1.29 is 24.3 Å². The van der Waals surface area contributed by atoms with Crippen molar-refractivity contribution in [2.24, 2.45) is 11.5 Å². The smallest absolute Gasteiger partial charge is 0.327 e. The van der Waals surface area contributed by atoms with Crippen LogP contribution >= 0.6 is 12.6 Å². The summed E-state index contributed by atoms with van der Waals surface area (Å²) in [5.74, 6) is -3.80. The van der Waals surface area contributed by atoms with Gasteiger partial charge in [-0.3, -0.25) is 14.4 Å². The van der Waals surface area contributed by atoms with E-state index in [2.05, 4.69) is 23.3 Å². The van der Waals surface area contributed by atoms with Crippen LogP contribution in [0.25, 0.3) is 0 Å². The van der Waals surface area contributed by atoms with E-state index in [-0.39, 0.29) is 12.2 Å². The normalized spacial score (nSPS) is 13.9. The molecule has 7 N–H and O–H groups in total. The Hall–Kier alpha value is -2.59. The number of hydrogen-bond acceptors (Lipinski definition) is 6. The lowest BCUT2D eigenvalue weighted by Gasteiger charge is -2.21. The highest BCUT2D eigenvalue weighted by molar-refractivity contribution is 7.80. The third-order valence-corrected chi connectivity index (χ3v) is 3.84. The van der Waals surface area contributed by atoms with Crippen LogP contribution in [0.4, 0.5) is 0 Å². The van der Waals surface area contributed by atoms with Gasteiger partial charge >= 0.3 is 5.97 Å². The number of primary amides is 1. The standard InChI is InChI=1S/C16H22N4O5S/c17-10(6-9-4-2-1-3-5-9)14(22)19-11(7-13(18)21)15(23)20-12(8-26)16(24)25/h1-5,10-12,26H,6-8,17H2,(H2,18,21)(H,19,22)(H,20,23)(H,24,25). The summed E-state index contributed by atoms with van der Waals surface area (Å²) in [6.45, 7) is 0. The SMILES string of the molecule is NC(=O)CC(NC(=O)C(N)Cc1ccccc1)C(=O)NC(CS)C(=O)O. The molecule has 0 saturated carbocycles. The molecule has 0 bridgehead atoms. The summed E-state index contributed by atoms with van der Waals surface area (Å²) in [5, 5.41) is 13.5. The van der Waals surface area contributed by atoms with E-state index < -0.39 is 48.2 Å². The Morgan fingerprint density at radius 2 is 1.62 bits per heavy atom. The Labute approximate surface area is 155 Å². The molecule has 0 aliphatic carbocycles. The van der Waals surface area contributed by atoms with Gasteiger partial charge in [-0.2, -0.15) is 12.6 Å². The van der Waals surface area contributed by atoms with Crippen molar-refractivity contribution in [3.05, 3.63) is 35.9 Å². The molecule has 0 aliphatic heterocycles. The number of nitrogens with two attached hydrogens (primary N) is 2. The van der Waals surface area contributed by atoms with E-state index in [1.807, 2.05) is 6.07 Å². The minimum Gasteiger partial charge on any atom is -0.480 e. The molecule has 3 atom stereocenters. The Balaban J connectivity index is 2.76. The van der Waals surface area contributed by atoms with E-state index in [1.54, 1.807) is 24.3 Å². The van der Waals surface area contributed by atoms with Gasteiger partial charge in [0.2, 0.25) is 17.7 Å². The quantitative estimate of drug-likeness (QED) is 0.267. The fourth-order valence-electron chi connectivity index (χ4n) is 2.11. The van der Waals surface area contributed by atoms with Crippen molar-refractivity contribution in [2.45, 2.75) is 31.0 Å². The third-order valence-electron chi connectivity index (χ3n) is 3.47. The van der Waals surface area contributed by atoms with Gasteiger partial charge in [-0.1, -0.05) is 30.3 Å². The highest BCUT2D eigenvalue weighted by Crippen LogP contribution is 2.03. The number of carboxylic acid groups (broad SMARTS) is 1. The summed E-state index contributed by atoms with van der Waals surface area (Å²) in [6.07, 6.45) is -0.263. The summed E-state index contributed by atoms with van der Waals surface area (Å²) in [6, 6.07) is 5.46. The maximum Gasteiger partial charge on any atom is 0.327 e. The van der Waals surface area contributed by atoms with Crippen LogP contribution in [0.2, 0.25) is 0 Å². The van der Waals surface area contributed by atoms with Gasteiger partial charge in [-0.05, 0) is 12.0 Å². The summed E-state index contributed by atoms with van der Waals surface area (Å²) < 4.78 is 0. The number of carbonyl (C=O) groups is 4. The number of nitrogens with one attached hydrogen (secondary N) is 2. The molecule has 142 valence electrons. The molecule has 1 aromatic carbocycles. The van der Waals surface area contributed by atoms with Gasteiger partial charge < -0.3 is 27.2 Å². The molecule has 0 fully saturated rings. The second kappa shape index (κ2) is 10.4. The Morgan fingerprint density at radius 1 is 1.04 bits per heavy atom. The Kier molecular flexibility index (Phi) is 8.59. The second-order valence-electron chi connectivity index (χ2n) is 5.61. The average Bonchev–Trinajstić information content (AvgIpc) is 2.58. The molecule has 26 heavy (non-hydrogen) atoms. The molecule has 0 aliphatic rings. The number of thiol groups is 1. The summed E-state index contributed by atoms with van der Waals surface area (Å²) >= 11 is 3.83. The minimum atomic E-state index is -1.33. The van der Waals surface area contributed by atoms with Crippen molar-refractivity contribution in [1.29, 1.82) is 0 Å². The van der Waals surface area contributed by atoms with Crippen molar-refractivity contribution in [2.75, 3.05) is 5.75 Å². The largest absolute Gasteiger partial charge is 0.480 e. The van der Waals surface area contributed by atoms with Gasteiger partial charge in [0.15, 0.2) is 0 Å². The topological polar surface area (TPSA) is 165 Å². The number of aliphatic carboxylic acids is 1. The van der Waals surface area contributed by atoms with Crippen LogP contribution < -0.4 is 22.1 Å². The van der Waals surface area contributed by atoms with E-state index in [4.69, 9.17) is 16.6 Å². The molecule has 0 spiro atoms. The van der Waals surface area contributed by atoms with Crippen LogP contribution in [0.15, 0.2) is 30.3 Å². The van der Waals surface area contributed by atoms with E-state index in [0.717, 1.165) is 5.56 Å². The van der Waals surface area contributed by atoms with Gasteiger partial charge in [-0.15, -0.1) is 0 Å². The molecule has 0 radical (unpaired) electrons. The number of carbonyl (C=O) groups excluding carboxylic acids is 3. The lowest BCUT2D eigenvalue weighted by Crippen LogP contribution is -2.56. The molecule has 3 amide bonds. The van der Waals surface area contributed by atoms with Gasteiger partial charge in [0, 0.05) is 5.75 Å². The lowest BCUT2D eigenvalue weighted by atomic mass is 10.1. The number of benzene rings is 1. The molecule has 3 unspecified atom stereocenters. The molecule has 0 aromatic heterocycles. The molecule has 0 heterocycles. The predicted octanol–water partition coefficient (Wildman–Crippen LogP) is -1.58. The molecule has 0 saturated heterocycles.